The van der Waals surface area contributed by atoms with Gasteiger partial charge in [0.05, 0.1) is 11.3 Å². The van der Waals surface area contributed by atoms with Gasteiger partial charge in [-0.1, -0.05) is 24.3 Å². The van der Waals surface area contributed by atoms with Gasteiger partial charge in [0, 0.05) is 6.54 Å². The van der Waals surface area contributed by atoms with Crippen LogP contribution in [0.3, 0.4) is 0 Å². The number of hydrogen-bond donors (Lipinski definition) is 2. The SMILES string of the molecule is CC(OC(=O)c1ccccc1NS(=O)(=O)c1cccs1)C(=O)NCc1ccc2c(c1)OCO2. The summed E-state index contributed by atoms with van der Waals surface area (Å²) in [6.07, 6.45) is -1.10. The summed E-state index contributed by atoms with van der Waals surface area (Å²) in [5, 5.41) is 4.33. The fourth-order valence-electron chi connectivity index (χ4n) is 3.02. The highest BCUT2D eigenvalue weighted by atomic mass is 32.2. The van der Waals surface area contributed by atoms with Crippen LogP contribution >= 0.6 is 11.3 Å². The Morgan fingerprint density at radius 2 is 1.88 bits per heavy atom. The van der Waals surface area contributed by atoms with Crippen molar-refractivity contribution < 1.29 is 32.2 Å². The number of ether oxygens (including phenoxy) is 3. The average molecular weight is 489 g/mol. The molecule has 0 saturated heterocycles. The number of nitrogens with one attached hydrogen (secondary N) is 2. The molecule has 2 aromatic carbocycles. The van der Waals surface area contributed by atoms with Crippen molar-refractivity contribution >= 4 is 38.9 Å². The maximum Gasteiger partial charge on any atom is 0.341 e. The van der Waals surface area contributed by atoms with Crippen LogP contribution in [0.4, 0.5) is 5.69 Å². The topological polar surface area (TPSA) is 120 Å². The van der Waals surface area contributed by atoms with E-state index in [4.69, 9.17) is 14.2 Å². The van der Waals surface area contributed by atoms with Gasteiger partial charge in [0.2, 0.25) is 6.79 Å². The number of benzene rings is 2. The summed E-state index contributed by atoms with van der Waals surface area (Å²) in [6, 6.07) is 14.4. The number of carbonyl (C=O) groups is 2. The molecular weight excluding hydrogens is 468 g/mol. The molecule has 9 nitrogen and oxygen atoms in total. The van der Waals surface area contributed by atoms with Crippen molar-refractivity contribution in [2.75, 3.05) is 11.5 Å². The highest BCUT2D eigenvalue weighted by molar-refractivity contribution is 7.94. The Morgan fingerprint density at radius 1 is 1.09 bits per heavy atom. The van der Waals surface area contributed by atoms with Crippen molar-refractivity contribution in [3.8, 4) is 11.5 Å². The molecule has 0 bridgehead atoms. The largest absolute Gasteiger partial charge is 0.454 e. The first-order chi connectivity index (χ1) is 15.8. The molecule has 1 aromatic heterocycles. The van der Waals surface area contributed by atoms with Gasteiger partial charge in [0.15, 0.2) is 17.6 Å². The third-order valence-electron chi connectivity index (χ3n) is 4.71. The Labute approximate surface area is 194 Å². The zero-order chi connectivity index (χ0) is 23.4. The monoisotopic (exact) mass is 488 g/mol. The van der Waals surface area contributed by atoms with Gasteiger partial charge in [-0.05, 0) is 48.2 Å². The van der Waals surface area contributed by atoms with Gasteiger partial charge in [-0.2, -0.15) is 0 Å². The summed E-state index contributed by atoms with van der Waals surface area (Å²) in [5.41, 5.74) is 0.844. The highest BCUT2D eigenvalue weighted by Crippen LogP contribution is 2.32. The molecule has 11 heteroatoms. The van der Waals surface area contributed by atoms with Gasteiger partial charge >= 0.3 is 5.97 Å². The minimum Gasteiger partial charge on any atom is -0.454 e. The van der Waals surface area contributed by atoms with Crippen LogP contribution in [0.5, 0.6) is 11.5 Å². The van der Waals surface area contributed by atoms with E-state index in [1.165, 1.54) is 25.1 Å². The third-order valence-corrected chi connectivity index (χ3v) is 7.47. The number of carbonyl (C=O) groups excluding carboxylic acids is 2. The summed E-state index contributed by atoms with van der Waals surface area (Å²) in [7, 11) is -3.85. The fourth-order valence-corrected chi connectivity index (χ4v) is 5.10. The smallest absolute Gasteiger partial charge is 0.341 e. The molecule has 1 aliphatic rings. The molecule has 2 heterocycles. The van der Waals surface area contributed by atoms with E-state index in [2.05, 4.69) is 10.0 Å². The molecule has 0 radical (unpaired) electrons. The Morgan fingerprint density at radius 3 is 2.67 bits per heavy atom. The van der Waals surface area contributed by atoms with Gasteiger partial charge in [-0.3, -0.25) is 9.52 Å². The van der Waals surface area contributed by atoms with Gasteiger partial charge < -0.3 is 19.5 Å². The zero-order valence-electron chi connectivity index (χ0n) is 17.4. The normalized spacial score (nSPS) is 13.2. The lowest BCUT2D eigenvalue weighted by molar-refractivity contribution is -0.129. The van der Waals surface area contributed by atoms with E-state index < -0.39 is 28.0 Å². The van der Waals surface area contributed by atoms with Crippen molar-refractivity contribution in [2.24, 2.45) is 0 Å². The molecule has 4 rings (SSSR count). The minimum absolute atomic E-state index is 0.00643. The van der Waals surface area contributed by atoms with Crippen LogP contribution in [0, 0.1) is 0 Å². The summed E-state index contributed by atoms with van der Waals surface area (Å²) in [4.78, 5) is 25.1. The zero-order valence-corrected chi connectivity index (χ0v) is 19.1. The van der Waals surface area contributed by atoms with Crippen LogP contribution in [-0.2, 0) is 26.1 Å². The van der Waals surface area contributed by atoms with Crippen LogP contribution in [-0.4, -0.2) is 33.2 Å². The molecule has 1 unspecified atom stereocenters. The Bertz CT molecular complexity index is 1270. The van der Waals surface area contributed by atoms with Crippen molar-refractivity contribution in [2.45, 2.75) is 23.8 Å². The van der Waals surface area contributed by atoms with Crippen LogP contribution in [0.25, 0.3) is 0 Å². The van der Waals surface area contributed by atoms with Crippen molar-refractivity contribution in [3.05, 3.63) is 71.1 Å². The van der Waals surface area contributed by atoms with Crippen LogP contribution in [0.15, 0.2) is 64.2 Å². The number of sulfonamides is 1. The minimum atomic E-state index is -3.85. The van der Waals surface area contributed by atoms with E-state index in [1.54, 1.807) is 41.8 Å². The first-order valence-electron chi connectivity index (χ1n) is 9.86. The van der Waals surface area contributed by atoms with Gasteiger partial charge in [-0.15, -0.1) is 11.3 Å². The van der Waals surface area contributed by atoms with E-state index in [0.717, 1.165) is 16.9 Å². The van der Waals surface area contributed by atoms with Gasteiger partial charge in [0.25, 0.3) is 15.9 Å². The van der Waals surface area contributed by atoms with Gasteiger partial charge in [0.1, 0.15) is 4.21 Å². The highest BCUT2D eigenvalue weighted by Gasteiger charge is 2.23. The number of para-hydroxylation sites is 1. The predicted octanol–water partition coefficient (Wildman–Crippen LogP) is 3.14. The number of esters is 1. The summed E-state index contributed by atoms with van der Waals surface area (Å²) >= 11 is 1.05. The first kappa shape index (κ1) is 22.6. The number of amides is 1. The van der Waals surface area contributed by atoms with E-state index in [0.29, 0.717) is 11.5 Å². The molecule has 3 aromatic rings. The van der Waals surface area contributed by atoms with Crippen LogP contribution in [0.2, 0.25) is 0 Å². The van der Waals surface area contributed by atoms with Crippen LogP contribution < -0.4 is 19.5 Å². The number of rotatable bonds is 8. The maximum absolute atomic E-state index is 12.7. The fraction of sp³-hybridized carbons (Fsp3) is 0.182. The molecule has 0 fully saturated rings. The molecule has 0 aliphatic carbocycles. The predicted molar refractivity (Wildman–Crippen MR) is 121 cm³/mol. The second kappa shape index (κ2) is 9.51. The third kappa shape index (κ3) is 5.26. The first-order valence-corrected chi connectivity index (χ1v) is 12.2. The van der Waals surface area contributed by atoms with Crippen molar-refractivity contribution in [3.63, 3.8) is 0 Å². The molecule has 33 heavy (non-hydrogen) atoms. The van der Waals surface area contributed by atoms with E-state index in [1.807, 2.05) is 0 Å². The Kier molecular flexibility index (Phi) is 6.52. The molecular formula is C22H20N2O7S2. The Balaban J connectivity index is 1.38. The van der Waals surface area contributed by atoms with Crippen LogP contribution in [0.1, 0.15) is 22.8 Å². The number of thiophene rings is 1. The molecule has 1 atom stereocenters. The molecule has 1 amide bonds. The molecule has 2 N–H and O–H groups in total. The van der Waals surface area contributed by atoms with E-state index in [9.17, 15) is 18.0 Å². The van der Waals surface area contributed by atoms with Gasteiger partial charge in [-0.25, -0.2) is 13.2 Å². The number of hydrogen-bond acceptors (Lipinski definition) is 8. The standard InChI is InChI=1S/C22H20N2O7S2/c1-14(21(25)23-12-15-8-9-18-19(11-15)30-13-29-18)31-22(26)16-5-2-3-6-17(16)24-33(27,28)20-7-4-10-32-20/h2-11,14,24H,12-13H2,1H3,(H,23,25). The molecule has 0 saturated carbocycles. The lowest BCUT2D eigenvalue weighted by Crippen LogP contribution is -2.35. The lowest BCUT2D eigenvalue weighted by atomic mass is 10.2. The summed E-state index contributed by atoms with van der Waals surface area (Å²) in [6.45, 7) is 1.79. The number of fused-ring (bicyclic) bond motifs is 1. The number of anilines is 1. The second-order valence-corrected chi connectivity index (χ2v) is 9.89. The second-order valence-electron chi connectivity index (χ2n) is 7.04. The average Bonchev–Trinajstić information content (AvgIpc) is 3.49. The maximum atomic E-state index is 12.7. The molecule has 1 aliphatic heterocycles. The quantitative estimate of drug-likeness (QED) is 0.468. The summed E-state index contributed by atoms with van der Waals surface area (Å²) < 4.78 is 43.4. The molecule has 172 valence electrons. The Hall–Kier alpha value is -3.57. The van der Waals surface area contributed by atoms with E-state index in [-0.39, 0.29) is 28.8 Å². The van der Waals surface area contributed by atoms with E-state index >= 15 is 0 Å². The lowest BCUT2D eigenvalue weighted by Gasteiger charge is -2.16. The molecule has 0 spiro atoms. The summed E-state index contributed by atoms with van der Waals surface area (Å²) in [5.74, 6) is -0.0913. The van der Waals surface area contributed by atoms with Crippen molar-refractivity contribution in [1.29, 1.82) is 0 Å². The van der Waals surface area contributed by atoms with Crippen molar-refractivity contribution in [1.82, 2.24) is 5.32 Å².